The predicted molar refractivity (Wildman–Crippen MR) is 69.0 cm³/mol. The highest BCUT2D eigenvalue weighted by Crippen LogP contribution is 2.47. The van der Waals surface area contributed by atoms with Crippen molar-refractivity contribution in [2.24, 2.45) is 11.7 Å². The van der Waals surface area contributed by atoms with Gasteiger partial charge in [0.1, 0.15) is 0 Å². The van der Waals surface area contributed by atoms with E-state index in [1.165, 1.54) is 37.0 Å². The van der Waals surface area contributed by atoms with Crippen molar-refractivity contribution in [1.29, 1.82) is 0 Å². The number of rotatable bonds is 4. The Labute approximate surface area is 105 Å². The first-order valence-corrected chi connectivity index (χ1v) is 7.17. The van der Waals surface area contributed by atoms with Gasteiger partial charge in [-0.1, -0.05) is 0 Å². The summed E-state index contributed by atoms with van der Waals surface area (Å²) in [5.41, 5.74) is 6.29. The number of carbonyl (C=O) groups is 1. The molecule has 1 aromatic rings. The van der Waals surface area contributed by atoms with Crippen molar-refractivity contribution in [2.45, 2.75) is 44.2 Å². The Morgan fingerprint density at radius 1 is 1.53 bits per heavy atom. The van der Waals surface area contributed by atoms with Crippen LogP contribution in [-0.2, 0) is 6.54 Å². The lowest BCUT2D eigenvalue weighted by Gasteiger charge is -2.27. The molecule has 3 N–H and O–H groups in total. The quantitative estimate of drug-likeness (QED) is 0.861. The maximum Gasteiger partial charge on any atom is 0.249 e. The highest BCUT2D eigenvalue weighted by atomic mass is 32.1. The van der Waals surface area contributed by atoms with Gasteiger partial charge in [0.15, 0.2) is 0 Å². The monoisotopic (exact) mass is 250 g/mol. The van der Waals surface area contributed by atoms with Crippen LogP contribution >= 0.6 is 11.3 Å². The highest BCUT2D eigenvalue weighted by molar-refractivity contribution is 7.10. The molecule has 0 aliphatic heterocycles. The van der Waals surface area contributed by atoms with Gasteiger partial charge < -0.3 is 11.1 Å². The number of fused-ring (bicyclic) bond motifs is 2. The van der Waals surface area contributed by atoms with Crippen LogP contribution in [0.5, 0.6) is 0 Å². The van der Waals surface area contributed by atoms with Crippen LogP contribution < -0.4 is 11.1 Å². The van der Waals surface area contributed by atoms with Gasteiger partial charge in [-0.25, -0.2) is 0 Å². The molecule has 3 nitrogen and oxygen atoms in total. The molecule has 0 unspecified atom stereocenters. The van der Waals surface area contributed by atoms with E-state index in [2.05, 4.69) is 5.32 Å². The Hall–Kier alpha value is -0.870. The summed E-state index contributed by atoms with van der Waals surface area (Å²) in [6, 6.07) is 1.91. The van der Waals surface area contributed by atoms with Gasteiger partial charge in [-0.05, 0) is 44.1 Å². The molecule has 2 bridgehead atoms. The topological polar surface area (TPSA) is 55.1 Å². The van der Waals surface area contributed by atoms with Crippen molar-refractivity contribution in [3.63, 3.8) is 0 Å². The SMILES string of the molecule is NC(=O)c1csc(CNC23CCC(CC2)C3)c1. The second-order valence-corrected chi connectivity index (χ2v) is 6.44. The van der Waals surface area contributed by atoms with E-state index in [1.54, 1.807) is 11.3 Å². The van der Waals surface area contributed by atoms with Crippen LogP contribution in [0.25, 0.3) is 0 Å². The van der Waals surface area contributed by atoms with Crippen molar-refractivity contribution in [3.8, 4) is 0 Å². The van der Waals surface area contributed by atoms with E-state index in [-0.39, 0.29) is 5.91 Å². The van der Waals surface area contributed by atoms with E-state index in [1.807, 2.05) is 11.4 Å². The zero-order chi connectivity index (χ0) is 11.9. The average molecular weight is 250 g/mol. The molecule has 1 amide bonds. The van der Waals surface area contributed by atoms with Crippen LogP contribution in [0.15, 0.2) is 11.4 Å². The predicted octanol–water partition coefficient (Wildman–Crippen LogP) is 2.27. The Kier molecular flexibility index (Phi) is 2.71. The van der Waals surface area contributed by atoms with E-state index in [4.69, 9.17) is 5.73 Å². The first kappa shape index (κ1) is 11.2. The van der Waals surface area contributed by atoms with Crippen molar-refractivity contribution >= 4 is 17.2 Å². The summed E-state index contributed by atoms with van der Waals surface area (Å²) in [5, 5.41) is 5.56. The van der Waals surface area contributed by atoms with E-state index in [0.717, 1.165) is 12.5 Å². The number of carbonyl (C=O) groups excluding carboxylic acids is 1. The third-order valence-electron chi connectivity index (χ3n) is 4.32. The average Bonchev–Trinajstić information content (AvgIpc) is 3.02. The Bertz CT molecular complexity index is 432. The van der Waals surface area contributed by atoms with E-state index < -0.39 is 0 Å². The molecule has 2 fully saturated rings. The van der Waals surface area contributed by atoms with Crippen LogP contribution in [-0.4, -0.2) is 11.4 Å². The van der Waals surface area contributed by atoms with Gasteiger partial charge >= 0.3 is 0 Å². The summed E-state index contributed by atoms with van der Waals surface area (Å²) in [5.74, 6) is 0.638. The summed E-state index contributed by atoms with van der Waals surface area (Å²) in [7, 11) is 0. The van der Waals surface area contributed by atoms with Crippen molar-refractivity contribution in [3.05, 3.63) is 21.9 Å². The molecule has 2 aliphatic carbocycles. The molecule has 0 spiro atoms. The first-order chi connectivity index (χ1) is 8.17. The lowest BCUT2D eigenvalue weighted by molar-refractivity contribution is 0.100. The summed E-state index contributed by atoms with van der Waals surface area (Å²) in [6.07, 6.45) is 6.78. The molecule has 92 valence electrons. The van der Waals surface area contributed by atoms with Gasteiger partial charge in [-0.3, -0.25) is 4.79 Å². The number of hydrogen-bond donors (Lipinski definition) is 2. The summed E-state index contributed by atoms with van der Waals surface area (Å²) >= 11 is 1.62. The normalized spacial score (nSPS) is 30.9. The molecule has 0 radical (unpaired) electrons. The smallest absolute Gasteiger partial charge is 0.249 e. The van der Waals surface area contributed by atoms with Crippen LogP contribution in [0, 0.1) is 5.92 Å². The number of nitrogens with two attached hydrogens (primary N) is 1. The van der Waals surface area contributed by atoms with E-state index >= 15 is 0 Å². The Morgan fingerprint density at radius 2 is 2.29 bits per heavy atom. The van der Waals surface area contributed by atoms with Crippen LogP contribution in [0.4, 0.5) is 0 Å². The third-order valence-corrected chi connectivity index (χ3v) is 5.25. The molecular formula is C13H18N2OS. The molecule has 0 saturated heterocycles. The maximum atomic E-state index is 11.0. The Balaban J connectivity index is 1.62. The number of hydrogen-bond acceptors (Lipinski definition) is 3. The van der Waals surface area contributed by atoms with Crippen molar-refractivity contribution < 1.29 is 4.79 Å². The molecule has 1 heterocycles. The summed E-state index contributed by atoms with van der Waals surface area (Å²) < 4.78 is 0. The molecule has 2 saturated carbocycles. The minimum Gasteiger partial charge on any atom is -0.366 e. The lowest BCUT2D eigenvalue weighted by Crippen LogP contribution is -2.40. The zero-order valence-corrected chi connectivity index (χ0v) is 10.7. The van der Waals surface area contributed by atoms with Crippen LogP contribution in [0.3, 0.4) is 0 Å². The largest absolute Gasteiger partial charge is 0.366 e. The van der Waals surface area contributed by atoms with Gasteiger partial charge in [0.2, 0.25) is 5.91 Å². The maximum absolute atomic E-state index is 11.0. The van der Waals surface area contributed by atoms with Crippen LogP contribution in [0.1, 0.15) is 47.3 Å². The molecular weight excluding hydrogens is 232 g/mol. The molecule has 3 rings (SSSR count). The first-order valence-electron chi connectivity index (χ1n) is 6.29. The fourth-order valence-electron chi connectivity index (χ4n) is 3.32. The van der Waals surface area contributed by atoms with Crippen molar-refractivity contribution in [2.75, 3.05) is 0 Å². The lowest BCUT2D eigenvalue weighted by atomic mass is 9.94. The van der Waals surface area contributed by atoms with Gasteiger partial charge in [0.25, 0.3) is 0 Å². The zero-order valence-electron chi connectivity index (χ0n) is 9.87. The number of amides is 1. The fourth-order valence-corrected chi connectivity index (χ4v) is 4.13. The highest BCUT2D eigenvalue weighted by Gasteiger charge is 2.44. The van der Waals surface area contributed by atoms with Gasteiger partial charge in [-0.15, -0.1) is 11.3 Å². The second-order valence-electron chi connectivity index (χ2n) is 5.45. The second kappa shape index (κ2) is 4.10. The summed E-state index contributed by atoms with van der Waals surface area (Å²) in [4.78, 5) is 12.2. The fraction of sp³-hybridized carbons (Fsp3) is 0.615. The van der Waals surface area contributed by atoms with E-state index in [0.29, 0.717) is 11.1 Å². The molecule has 0 aromatic carbocycles. The number of primary amides is 1. The third kappa shape index (κ3) is 2.11. The van der Waals surface area contributed by atoms with Gasteiger partial charge in [0, 0.05) is 22.3 Å². The molecule has 2 aliphatic rings. The minimum absolute atomic E-state index is 0.326. The molecule has 17 heavy (non-hydrogen) atoms. The standard InChI is InChI=1S/C13H18N2OS/c14-12(16)10-5-11(17-8-10)7-15-13-3-1-9(6-13)2-4-13/h5,8-9,15H,1-4,6-7H2,(H2,14,16). The van der Waals surface area contributed by atoms with Crippen LogP contribution in [0.2, 0.25) is 0 Å². The minimum atomic E-state index is -0.326. The molecule has 0 atom stereocenters. The Morgan fingerprint density at radius 3 is 2.82 bits per heavy atom. The van der Waals surface area contributed by atoms with E-state index in [9.17, 15) is 4.79 Å². The van der Waals surface area contributed by atoms with Crippen molar-refractivity contribution in [1.82, 2.24) is 5.32 Å². The number of thiophene rings is 1. The van der Waals surface area contributed by atoms with Gasteiger partial charge in [-0.2, -0.15) is 0 Å². The summed E-state index contributed by atoms with van der Waals surface area (Å²) in [6.45, 7) is 0.880. The molecule has 4 heteroatoms. The molecule has 1 aromatic heterocycles. The van der Waals surface area contributed by atoms with Gasteiger partial charge in [0.05, 0.1) is 5.56 Å². The number of nitrogens with one attached hydrogen (secondary N) is 1.